The van der Waals surface area contributed by atoms with Gasteiger partial charge in [-0.2, -0.15) is 0 Å². The van der Waals surface area contributed by atoms with Crippen molar-refractivity contribution >= 4 is 30.3 Å². The maximum Gasteiger partial charge on any atom is 0.226 e. The van der Waals surface area contributed by atoms with Gasteiger partial charge in [0.05, 0.1) is 0 Å². The molecule has 7 heteroatoms. The number of nitrogens with one attached hydrogen (secondary N) is 1. The fourth-order valence-electron chi connectivity index (χ4n) is 0.702. The van der Waals surface area contributed by atoms with Crippen molar-refractivity contribution in [1.29, 1.82) is 0 Å². The lowest BCUT2D eigenvalue weighted by atomic mass is 10.5. The molecule has 0 unspecified atom stereocenters. The van der Waals surface area contributed by atoms with Crippen LogP contribution < -0.4 is 16.9 Å². The highest BCUT2D eigenvalue weighted by Gasteiger charge is 1.98. The van der Waals surface area contributed by atoms with E-state index >= 15 is 0 Å². The minimum absolute atomic E-state index is 0.111. The van der Waals surface area contributed by atoms with Gasteiger partial charge in [0, 0.05) is 6.07 Å². The average Bonchev–Trinajstić information content (AvgIpc) is 1.96. The molecule has 1 heterocycles. The van der Waals surface area contributed by atoms with Crippen molar-refractivity contribution in [3.8, 4) is 0 Å². The Morgan fingerprint density at radius 3 is 2.83 bits per heavy atom. The van der Waals surface area contributed by atoms with Crippen LogP contribution in [0.4, 0.5) is 11.6 Å². The normalized spacial score (nSPS) is 9.33. The summed E-state index contributed by atoms with van der Waals surface area (Å²) in [6.07, 6.45) is 0.448. The predicted octanol–water partition coefficient (Wildman–Crippen LogP) is -0.523. The standard InChI is InChI=1S/C5H7N5OS/c6-3-1-4(7)10(8-2-11)5(12)9-3/h1-2H,7H2,(H,8,11)(H2,6,9,12). The Balaban J connectivity index is 3.28. The first kappa shape index (κ1) is 8.47. The minimum Gasteiger partial charge on any atom is -0.384 e. The van der Waals surface area contributed by atoms with Crippen LogP contribution >= 0.6 is 12.2 Å². The van der Waals surface area contributed by atoms with Crippen molar-refractivity contribution in [3.63, 3.8) is 0 Å². The summed E-state index contributed by atoms with van der Waals surface area (Å²) in [6.45, 7) is 0. The molecule has 0 spiro atoms. The third-order valence-electron chi connectivity index (χ3n) is 1.15. The van der Waals surface area contributed by atoms with Crippen LogP contribution in [-0.4, -0.2) is 16.1 Å². The number of nitrogens with two attached hydrogens (primary N) is 2. The average molecular weight is 185 g/mol. The van der Waals surface area contributed by atoms with Gasteiger partial charge in [-0.3, -0.25) is 10.2 Å². The second-order valence-corrected chi connectivity index (χ2v) is 2.34. The zero-order valence-electron chi connectivity index (χ0n) is 6.02. The number of nitrogens with zero attached hydrogens (tertiary/aromatic N) is 2. The smallest absolute Gasteiger partial charge is 0.226 e. The number of hydrogen-bond donors (Lipinski definition) is 3. The molecule has 0 saturated heterocycles. The zero-order valence-corrected chi connectivity index (χ0v) is 6.84. The Bertz CT molecular complexity index is 359. The monoisotopic (exact) mass is 185 g/mol. The molecular formula is C5H7N5OS. The molecule has 1 aromatic heterocycles. The van der Waals surface area contributed by atoms with Crippen molar-refractivity contribution in [1.82, 2.24) is 9.66 Å². The lowest BCUT2D eigenvalue weighted by Crippen LogP contribution is -2.19. The Hall–Kier alpha value is -1.63. The molecular weight excluding hydrogens is 178 g/mol. The number of carbonyl (C=O) groups excluding carboxylic acids is 1. The van der Waals surface area contributed by atoms with E-state index in [1.165, 1.54) is 6.07 Å². The van der Waals surface area contributed by atoms with Crippen LogP contribution in [0.15, 0.2) is 6.07 Å². The zero-order chi connectivity index (χ0) is 9.14. The predicted molar refractivity (Wildman–Crippen MR) is 47.3 cm³/mol. The van der Waals surface area contributed by atoms with E-state index < -0.39 is 0 Å². The third-order valence-corrected chi connectivity index (χ3v) is 1.43. The van der Waals surface area contributed by atoms with Gasteiger partial charge in [0.25, 0.3) is 0 Å². The summed E-state index contributed by atoms with van der Waals surface area (Å²) in [5, 5.41) is 0. The minimum atomic E-state index is 0.111. The quantitative estimate of drug-likeness (QED) is 0.425. The molecule has 12 heavy (non-hydrogen) atoms. The first-order valence-corrected chi connectivity index (χ1v) is 3.41. The Labute approximate surface area is 73.2 Å². The molecule has 0 radical (unpaired) electrons. The number of amides is 1. The Morgan fingerprint density at radius 2 is 2.33 bits per heavy atom. The molecule has 0 saturated carbocycles. The molecule has 0 atom stereocenters. The van der Waals surface area contributed by atoms with Gasteiger partial charge in [-0.1, -0.05) is 0 Å². The maximum absolute atomic E-state index is 10.1. The van der Waals surface area contributed by atoms with Crippen LogP contribution in [0.25, 0.3) is 0 Å². The Morgan fingerprint density at radius 1 is 1.67 bits per heavy atom. The number of anilines is 2. The summed E-state index contributed by atoms with van der Waals surface area (Å²) in [6, 6.07) is 1.40. The SMILES string of the molecule is Nc1cc(N)n(NC=O)c(=S)n1. The lowest BCUT2D eigenvalue weighted by Gasteiger charge is -2.07. The fourth-order valence-corrected chi connectivity index (χ4v) is 0.965. The molecule has 0 fully saturated rings. The van der Waals surface area contributed by atoms with Crippen LogP contribution in [0.2, 0.25) is 0 Å². The molecule has 1 amide bonds. The maximum atomic E-state index is 10.1. The van der Waals surface area contributed by atoms with Crippen molar-refractivity contribution in [2.24, 2.45) is 0 Å². The van der Waals surface area contributed by atoms with Gasteiger partial charge in [-0.05, 0) is 12.2 Å². The molecule has 6 nitrogen and oxygen atoms in total. The van der Waals surface area contributed by atoms with E-state index in [1.807, 2.05) is 0 Å². The summed E-state index contributed by atoms with van der Waals surface area (Å²) < 4.78 is 1.26. The van der Waals surface area contributed by atoms with Crippen LogP contribution in [0.1, 0.15) is 0 Å². The summed E-state index contributed by atoms with van der Waals surface area (Å²) in [5.41, 5.74) is 13.1. The van der Waals surface area contributed by atoms with Gasteiger partial charge in [-0.25, -0.2) is 9.66 Å². The van der Waals surface area contributed by atoms with Gasteiger partial charge in [-0.15, -0.1) is 0 Å². The second kappa shape index (κ2) is 3.18. The van der Waals surface area contributed by atoms with E-state index in [9.17, 15) is 4.79 Å². The van der Waals surface area contributed by atoms with Crippen molar-refractivity contribution in [2.75, 3.05) is 16.9 Å². The highest BCUT2D eigenvalue weighted by Crippen LogP contribution is 2.04. The summed E-state index contributed by atoms with van der Waals surface area (Å²) in [7, 11) is 0. The van der Waals surface area contributed by atoms with Gasteiger partial charge < -0.3 is 11.5 Å². The van der Waals surface area contributed by atoms with E-state index in [0.29, 0.717) is 6.41 Å². The number of carbonyl (C=O) groups is 1. The first-order valence-electron chi connectivity index (χ1n) is 3.00. The molecule has 0 aliphatic carbocycles. The molecule has 0 aliphatic rings. The van der Waals surface area contributed by atoms with Gasteiger partial charge >= 0.3 is 0 Å². The van der Waals surface area contributed by atoms with Gasteiger partial charge in [0.1, 0.15) is 11.6 Å². The summed E-state index contributed by atoms with van der Waals surface area (Å²) in [4.78, 5) is 13.8. The molecule has 1 aromatic rings. The first-order chi connectivity index (χ1) is 5.65. The number of aromatic nitrogens is 2. The largest absolute Gasteiger partial charge is 0.384 e. The van der Waals surface area contributed by atoms with E-state index in [1.54, 1.807) is 0 Å². The van der Waals surface area contributed by atoms with E-state index in [0.717, 1.165) is 4.68 Å². The number of hydrogen-bond acceptors (Lipinski definition) is 5. The summed E-state index contributed by atoms with van der Waals surface area (Å²) >= 11 is 4.76. The summed E-state index contributed by atoms with van der Waals surface area (Å²) in [5.74, 6) is 0.459. The van der Waals surface area contributed by atoms with Gasteiger partial charge in [0.2, 0.25) is 11.2 Å². The molecule has 64 valence electrons. The van der Waals surface area contributed by atoms with Gasteiger partial charge in [0.15, 0.2) is 0 Å². The third kappa shape index (κ3) is 1.51. The number of nitrogen functional groups attached to an aromatic ring is 2. The molecule has 1 rings (SSSR count). The van der Waals surface area contributed by atoms with Crippen molar-refractivity contribution in [3.05, 3.63) is 10.8 Å². The highest BCUT2D eigenvalue weighted by molar-refractivity contribution is 7.71. The van der Waals surface area contributed by atoms with E-state index in [-0.39, 0.29) is 16.4 Å². The second-order valence-electron chi connectivity index (χ2n) is 1.97. The molecule has 0 aromatic carbocycles. The highest BCUT2D eigenvalue weighted by atomic mass is 32.1. The molecule has 0 aliphatic heterocycles. The van der Waals surface area contributed by atoms with Crippen LogP contribution in [0.5, 0.6) is 0 Å². The Kier molecular flexibility index (Phi) is 2.24. The molecule has 0 bridgehead atoms. The topological polar surface area (TPSA) is 99.0 Å². The van der Waals surface area contributed by atoms with Crippen molar-refractivity contribution < 1.29 is 4.79 Å². The van der Waals surface area contributed by atoms with Crippen LogP contribution in [0.3, 0.4) is 0 Å². The van der Waals surface area contributed by atoms with E-state index in [2.05, 4.69) is 10.4 Å². The fraction of sp³-hybridized carbons (Fsp3) is 0. The van der Waals surface area contributed by atoms with Crippen molar-refractivity contribution in [2.45, 2.75) is 0 Å². The lowest BCUT2D eigenvalue weighted by molar-refractivity contribution is -0.106. The molecule has 5 N–H and O–H groups in total. The van der Waals surface area contributed by atoms with E-state index in [4.69, 9.17) is 23.7 Å². The van der Waals surface area contributed by atoms with Crippen LogP contribution in [0, 0.1) is 4.77 Å². The number of rotatable bonds is 2. The van der Waals surface area contributed by atoms with Crippen LogP contribution in [-0.2, 0) is 4.79 Å².